The molecule has 23 heavy (non-hydrogen) atoms. The Balaban J connectivity index is 1.72. The van der Waals surface area contributed by atoms with Crippen LogP contribution in [0.2, 0.25) is 0 Å². The normalized spacial score (nSPS) is 18.6. The Bertz CT molecular complexity index is 522. The van der Waals surface area contributed by atoms with Crippen LogP contribution in [0, 0.1) is 5.41 Å². The van der Waals surface area contributed by atoms with Crippen molar-refractivity contribution in [1.82, 2.24) is 15.5 Å². The maximum Gasteiger partial charge on any atom is 0.315 e. The molecular formula is C16H25N3O4. The van der Waals surface area contributed by atoms with Gasteiger partial charge in [0, 0.05) is 13.1 Å². The van der Waals surface area contributed by atoms with E-state index in [0.29, 0.717) is 25.5 Å². The Hall–Kier alpha value is -2.02. The first-order valence-corrected chi connectivity index (χ1v) is 7.79. The van der Waals surface area contributed by atoms with E-state index in [1.54, 1.807) is 23.3 Å². The van der Waals surface area contributed by atoms with Gasteiger partial charge in [0.05, 0.1) is 32.1 Å². The Kier molecular flexibility index (Phi) is 5.65. The van der Waals surface area contributed by atoms with Crippen molar-refractivity contribution >= 4 is 11.9 Å². The first-order chi connectivity index (χ1) is 10.9. The van der Waals surface area contributed by atoms with Gasteiger partial charge in [-0.15, -0.1) is 0 Å². The van der Waals surface area contributed by atoms with Crippen molar-refractivity contribution in [3.63, 3.8) is 0 Å². The first-order valence-electron chi connectivity index (χ1n) is 7.79. The molecule has 0 saturated carbocycles. The number of ether oxygens (including phenoxy) is 1. The molecule has 1 atom stereocenters. The summed E-state index contributed by atoms with van der Waals surface area (Å²) in [6.45, 7) is 8.17. The molecule has 2 rings (SSSR count). The summed E-state index contributed by atoms with van der Waals surface area (Å²) < 4.78 is 10.8. The number of hydrogen-bond donors (Lipinski definition) is 2. The van der Waals surface area contributed by atoms with Gasteiger partial charge in [0.1, 0.15) is 5.76 Å². The smallest absolute Gasteiger partial charge is 0.315 e. The summed E-state index contributed by atoms with van der Waals surface area (Å²) in [5, 5.41) is 5.21. The van der Waals surface area contributed by atoms with E-state index >= 15 is 0 Å². The maximum atomic E-state index is 12.2. The van der Waals surface area contributed by atoms with Gasteiger partial charge in [-0.2, -0.15) is 0 Å². The lowest BCUT2D eigenvalue weighted by atomic mass is 9.88. The number of rotatable bonds is 4. The minimum Gasteiger partial charge on any atom is -0.467 e. The fourth-order valence-electron chi connectivity index (χ4n) is 2.31. The summed E-state index contributed by atoms with van der Waals surface area (Å²) in [5.41, 5.74) is -0.0210. The van der Waals surface area contributed by atoms with Gasteiger partial charge in [0.15, 0.2) is 0 Å². The third-order valence-electron chi connectivity index (χ3n) is 3.79. The fraction of sp³-hybridized carbons (Fsp3) is 0.625. The molecule has 1 aliphatic rings. The monoisotopic (exact) mass is 323 g/mol. The minimum atomic E-state index is -0.393. The molecule has 7 nitrogen and oxygen atoms in total. The number of nitrogens with one attached hydrogen (secondary N) is 2. The van der Waals surface area contributed by atoms with Crippen molar-refractivity contribution in [2.75, 3.05) is 26.2 Å². The Morgan fingerprint density at radius 2 is 2.13 bits per heavy atom. The lowest BCUT2D eigenvalue weighted by Crippen LogP contribution is -2.52. The van der Waals surface area contributed by atoms with E-state index in [9.17, 15) is 9.59 Å². The summed E-state index contributed by atoms with van der Waals surface area (Å²) in [7, 11) is 0. The van der Waals surface area contributed by atoms with E-state index in [1.807, 2.05) is 0 Å². The van der Waals surface area contributed by atoms with E-state index < -0.39 is 6.03 Å². The zero-order valence-electron chi connectivity index (χ0n) is 13.9. The Labute approximate surface area is 136 Å². The number of furan rings is 1. The summed E-state index contributed by atoms with van der Waals surface area (Å²) >= 11 is 0. The molecule has 3 amide bonds. The quantitative estimate of drug-likeness (QED) is 0.876. The standard InChI is InChI=1S/C16H25N3O4/c1-16(2,3)13-11-19(6-8-23-13)14(20)10-18-15(21)17-9-12-5-4-7-22-12/h4-5,7,13H,6,8-11H2,1-3H3,(H2,17,18,21)/t13-/m0/s1. The molecule has 1 aliphatic heterocycles. The van der Waals surface area contributed by atoms with Crippen LogP contribution >= 0.6 is 0 Å². The van der Waals surface area contributed by atoms with Crippen LogP contribution in [0.5, 0.6) is 0 Å². The average Bonchev–Trinajstić information content (AvgIpc) is 3.03. The van der Waals surface area contributed by atoms with Crippen LogP contribution in [-0.4, -0.2) is 49.2 Å². The van der Waals surface area contributed by atoms with Gasteiger partial charge in [-0.05, 0) is 17.5 Å². The van der Waals surface area contributed by atoms with Crippen LogP contribution in [0.15, 0.2) is 22.8 Å². The molecule has 128 valence electrons. The van der Waals surface area contributed by atoms with E-state index in [2.05, 4.69) is 31.4 Å². The molecule has 0 unspecified atom stereocenters. The van der Waals surface area contributed by atoms with Crippen LogP contribution in [0.4, 0.5) is 4.79 Å². The van der Waals surface area contributed by atoms with Crippen LogP contribution < -0.4 is 10.6 Å². The maximum absolute atomic E-state index is 12.2. The molecule has 0 aliphatic carbocycles. The van der Waals surface area contributed by atoms with Crippen LogP contribution in [0.3, 0.4) is 0 Å². The zero-order valence-corrected chi connectivity index (χ0v) is 13.9. The van der Waals surface area contributed by atoms with E-state index in [0.717, 1.165) is 0 Å². The highest BCUT2D eigenvalue weighted by Gasteiger charge is 2.32. The molecular weight excluding hydrogens is 298 g/mol. The van der Waals surface area contributed by atoms with E-state index in [4.69, 9.17) is 9.15 Å². The summed E-state index contributed by atoms with van der Waals surface area (Å²) in [6.07, 6.45) is 1.55. The van der Waals surface area contributed by atoms with Gasteiger partial charge < -0.3 is 24.7 Å². The fourth-order valence-corrected chi connectivity index (χ4v) is 2.31. The number of hydrogen-bond acceptors (Lipinski definition) is 4. The first kappa shape index (κ1) is 17.3. The van der Waals surface area contributed by atoms with Crippen molar-refractivity contribution in [1.29, 1.82) is 0 Å². The topological polar surface area (TPSA) is 83.8 Å². The molecule has 2 N–H and O–H groups in total. The zero-order chi connectivity index (χ0) is 16.9. The van der Waals surface area contributed by atoms with E-state index in [1.165, 1.54) is 0 Å². The van der Waals surface area contributed by atoms with Gasteiger partial charge in [-0.1, -0.05) is 20.8 Å². The molecule has 1 aromatic rings. The van der Waals surface area contributed by atoms with Gasteiger partial charge in [-0.3, -0.25) is 4.79 Å². The van der Waals surface area contributed by atoms with Crippen molar-refractivity contribution in [3.8, 4) is 0 Å². The lowest BCUT2D eigenvalue weighted by Gasteiger charge is -2.39. The highest BCUT2D eigenvalue weighted by Crippen LogP contribution is 2.25. The molecule has 0 aromatic carbocycles. The molecule has 2 heterocycles. The SMILES string of the molecule is CC(C)(C)[C@@H]1CN(C(=O)CNC(=O)NCc2ccco2)CCO1. The molecule has 0 bridgehead atoms. The van der Waals surface area contributed by atoms with Crippen LogP contribution in [0.25, 0.3) is 0 Å². The Morgan fingerprint density at radius 3 is 2.78 bits per heavy atom. The van der Waals surface area contributed by atoms with Gasteiger partial charge in [0.25, 0.3) is 0 Å². The van der Waals surface area contributed by atoms with Gasteiger partial charge >= 0.3 is 6.03 Å². The molecule has 0 radical (unpaired) electrons. The number of amides is 3. The van der Waals surface area contributed by atoms with Crippen molar-refractivity contribution in [3.05, 3.63) is 24.2 Å². The van der Waals surface area contributed by atoms with Crippen LogP contribution in [-0.2, 0) is 16.1 Å². The molecule has 0 spiro atoms. The number of nitrogens with zero attached hydrogens (tertiary/aromatic N) is 1. The van der Waals surface area contributed by atoms with Gasteiger partial charge in [-0.25, -0.2) is 4.79 Å². The highest BCUT2D eigenvalue weighted by molar-refractivity contribution is 5.84. The summed E-state index contributed by atoms with van der Waals surface area (Å²) in [4.78, 5) is 25.6. The highest BCUT2D eigenvalue weighted by atomic mass is 16.5. The van der Waals surface area contributed by atoms with Crippen molar-refractivity contribution in [2.45, 2.75) is 33.4 Å². The van der Waals surface area contributed by atoms with Crippen molar-refractivity contribution in [2.24, 2.45) is 5.41 Å². The average molecular weight is 323 g/mol. The lowest BCUT2D eigenvalue weighted by molar-refractivity contribution is -0.142. The van der Waals surface area contributed by atoms with E-state index in [-0.39, 0.29) is 30.5 Å². The third kappa shape index (κ3) is 5.28. The molecule has 1 fully saturated rings. The number of urea groups is 1. The predicted molar refractivity (Wildman–Crippen MR) is 84.7 cm³/mol. The summed E-state index contributed by atoms with van der Waals surface area (Å²) in [5.74, 6) is 0.559. The number of carbonyl (C=O) groups is 2. The predicted octanol–water partition coefficient (Wildman–Crippen LogP) is 1.35. The molecule has 1 aromatic heterocycles. The second kappa shape index (κ2) is 7.50. The third-order valence-corrected chi connectivity index (χ3v) is 3.79. The second-order valence-electron chi connectivity index (χ2n) is 6.68. The van der Waals surface area contributed by atoms with Gasteiger partial charge in [0.2, 0.25) is 5.91 Å². The molecule has 1 saturated heterocycles. The Morgan fingerprint density at radius 1 is 1.35 bits per heavy atom. The largest absolute Gasteiger partial charge is 0.467 e. The summed E-state index contributed by atoms with van der Waals surface area (Å²) in [6, 6.07) is 3.13. The number of morpholine rings is 1. The molecule has 7 heteroatoms. The van der Waals surface area contributed by atoms with Crippen LogP contribution in [0.1, 0.15) is 26.5 Å². The van der Waals surface area contributed by atoms with Crippen molar-refractivity contribution < 1.29 is 18.7 Å². The second-order valence-corrected chi connectivity index (χ2v) is 6.68. The minimum absolute atomic E-state index is 0.00739. The number of carbonyl (C=O) groups excluding carboxylic acids is 2.